The molecule has 0 aliphatic carbocycles. The first-order valence-electron chi connectivity index (χ1n) is 8.81. The first-order chi connectivity index (χ1) is 13.5. The largest absolute Gasteiger partial charge is 0.396 e. The van der Waals surface area contributed by atoms with Crippen molar-refractivity contribution in [1.82, 2.24) is 14.8 Å². The Morgan fingerprint density at radius 2 is 1.93 bits per heavy atom. The molecule has 0 fully saturated rings. The number of aliphatic hydroxyl groups excluding tert-OH is 1. The molecule has 1 atom stereocenters. The highest BCUT2D eigenvalue weighted by molar-refractivity contribution is 6.35. The van der Waals surface area contributed by atoms with Gasteiger partial charge in [-0.15, -0.1) is 0 Å². The number of fused-ring (bicyclic) bond motifs is 1. The Hall–Kier alpha value is -2.41. The van der Waals surface area contributed by atoms with Crippen LogP contribution in [0.3, 0.4) is 0 Å². The quantitative estimate of drug-likeness (QED) is 0.629. The van der Waals surface area contributed by atoms with Crippen molar-refractivity contribution in [2.24, 2.45) is 0 Å². The summed E-state index contributed by atoms with van der Waals surface area (Å²) < 4.78 is 15.1. The SMILES string of the molecule is OCCCc1nc2n(n1)C(c1ccc(Cl)cc1Cl)C=C(c1ccc(F)cc1)N2. The summed E-state index contributed by atoms with van der Waals surface area (Å²) in [5.41, 5.74) is 2.43. The van der Waals surface area contributed by atoms with Crippen LogP contribution >= 0.6 is 23.2 Å². The number of anilines is 1. The maximum Gasteiger partial charge on any atom is 0.226 e. The third-order valence-electron chi connectivity index (χ3n) is 4.50. The molecule has 2 aromatic carbocycles. The van der Waals surface area contributed by atoms with Gasteiger partial charge in [-0.1, -0.05) is 29.3 Å². The lowest BCUT2D eigenvalue weighted by molar-refractivity contribution is 0.287. The van der Waals surface area contributed by atoms with Gasteiger partial charge in [-0.05, 0) is 60.0 Å². The number of aliphatic hydroxyl groups is 1. The molecule has 0 saturated carbocycles. The topological polar surface area (TPSA) is 63.0 Å². The van der Waals surface area contributed by atoms with E-state index in [1.165, 1.54) is 12.1 Å². The number of aryl methyl sites for hydroxylation is 1. The Labute approximate surface area is 171 Å². The maximum absolute atomic E-state index is 13.3. The fourth-order valence-corrected chi connectivity index (χ4v) is 3.66. The Bertz CT molecular complexity index is 1030. The molecular formula is C20H17Cl2FN4O. The Morgan fingerprint density at radius 3 is 2.64 bits per heavy atom. The first kappa shape index (κ1) is 18.9. The van der Waals surface area contributed by atoms with Gasteiger partial charge in [0, 0.05) is 28.8 Å². The van der Waals surface area contributed by atoms with Crippen LogP contribution in [0, 0.1) is 5.82 Å². The van der Waals surface area contributed by atoms with E-state index in [4.69, 9.17) is 28.3 Å². The van der Waals surface area contributed by atoms with E-state index in [-0.39, 0.29) is 18.5 Å². The summed E-state index contributed by atoms with van der Waals surface area (Å²) in [6, 6.07) is 11.2. The first-order valence-corrected chi connectivity index (χ1v) is 9.57. The van der Waals surface area contributed by atoms with Crippen LogP contribution in [0.4, 0.5) is 10.3 Å². The lowest BCUT2D eigenvalue weighted by Crippen LogP contribution is -2.20. The molecule has 2 heterocycles. The van der Waals surface area contributed by atoms with Gasteiger partial charge >= 0.3 is 0 Å². The summed E-state index contributed by atoms with van der Waals surface area (Å²) in [7, 11) is 0. The molecule has 5 nitrogen and oxygen atoms in total. The van der Waals surface area contributed by atoms with E-state index < -0.39 is 0 Å². The molecule has 28 heavy (non-hydrogen) atoms. The number of nitrogens with one attached hydrogen (secondary N) is 1. The summed E-state index contributed by atoms with van der Waals surface area (Å²) in [5, 5.41) is 18.0. The van der Waals surface area contributed by atoms with Crippen molar-refractivity contribution in [3.8, 4) is 0 Å². The van der Waals surface area contributed by atoms with Gasteiger partial charge < -0.3 is 10.4 Å². The number of allylic oxidation sites excluding steroid dienone is 1. The molecule has 0 bridgehead atoms. The summed E-state index contributed by atoms with van der Waals surface area (Å²) in [6.07, 6.45) is 3.11. The number of aromatic nitrogens is 3. The number of nitrogens with zero attached hydrogens (tertiary/aromatic N) is 3. The van der Waals surface area contributed by atoms with E-state index in [1.54, 1.807) is 28.9 Å². The van der Waals surface area contributed by atoms with Crippen molar-refractivity contribution in [2.45, 2.75) is 18.9 Å². The number of rotatable bonds is 5. The monoisotopic (exact) mass is 418 g/mol. The van der Waals surface area contributed by atoms with Crippen molar-refractivity contribution in [2.75, 3.05) is 11.9 Å². The Kier molecular flexibility index (Phi) is 5.35. The van der Waals surface area contributed by atoms with Gasteiger partial charge in [-0.3, -0.25) is 0 Å². The number of hydrogen-bond donors (Lipinski definition) is 2. The van der Waals surface area contributed by atoms with Crippen molar-refractivity contribution in [1.29, 1.82) is 0 Å². The zero-order chi connectivity index (χ0) is 19.7. The van der Waals surface area contributed by atoms with E-state index in [0.29, 0.717) is 34.7 Å². The highest BCUT2D eigenvalue weighted by atomic mass is 35.5. The van der Waals surface area contributed by atoms with Crippen LogP contribution in [0.5, 0.6) is 0 Å². The van der Waals surface area contributed by atoms with Gasteiger partial charge in [0.2, 0.25) is 5.95 Å². The molecule has 1 aromatic heterocycles. The second kappa shape index (κ2) is 7.91. The van der Waals surface area contributed by atoms with E-state index in [9.17, 15) is 4.39 Å². The van der Waals surface area contributed by atoms with E-state index in [1.807, 2.05) is 12.1 Å². The minimum Gasteiger partial charge on any atom is -0.396 e. The zero-order valence-corrected chi connectivity index (χ0v) is 16.3. The number of benzene rings is 2. The molecule has 3 aromatic rings. The molecule has 0 saturated heterocycles. The lowest BCUT2D eigenvalue weighted by Gasteiger charge is -2.25. The average Bonchev–Trinajstić information content (AvgIpc) is 3.09. The van der Waals surface area contributed by atoms with Crippen molar-refractivity contribution in [3.05, 3.63) is 81.4 Å². The molecular weight excluding hydrogens is 402 g/mol. The maximum atomic E-state index is 13.3. The van der Waals surface area contributed by atoms with Crippen molar-refractivity contribution < 1.29 is 9.50 Å². The molecule has 144 valence electrons. The smallest absolute Gasteiger partial charge is 0.226 e. The van der Waals surface area contributed by atoms with Crippen molar-refractivity contribution >= 4 is 34.8 Å². The fourth-order valence-electron chi connectivity index (χ4n) is 3.14. The van der Waals surface area contributed by atoms with E-state index in [0.717, 1.165) is 16.8 Å². The molecule has 0 amide bonds. The van der Waals surface area contributed by atoms with Crippen LogP contribution in [0.15, 0.2) is 48.5 Å². The zero-order valence-electron chi connectivity index (χ0n) is 14.7. The summed E-state index contributed by atoms with van der Waals surface area (Å²) in [4.78, 5) is 4.55. The fraction of sp³-hybridized carbons (Fsp3) is 0.200. The van der Waals surface area contributed by atoms with Crippen LogP contribution < -0.4 is 5.32 Å². The minimum absolute atomic E-state index is 0.0722. The number of hydrogen-bond acceptors (Lipinski definition) is 4. The second-order valence-corrected chi connectivity index (χ2v) is 7.29. The normalized spacial score (nSPS) is 15.7. The minimum atomic E-state index is -0.309. The van der Waals surface area contributed by atoms with Gasteiger partial charge in [0.25, 0.3) is 0 Å². The van der Waals surface area contributed by atoms with Gasteiger partial charge in [0.1, 0.15) is 11.9 Å². The average molecular weight is 419 g/mol. The molecule has 1 unspecified atom stereocenters. The van der Waals surface area contributed by atoms with Gasteiger partial charge in [-0.25, -0.2) is 9.07 Å². The third-order valence-corrected chi connectivity index (χ3v) is 5.07. The highest BCUT2D eigenvalue weighted by Gasteiger charge is 2.26. The summed E-state index contributed by atoms with van der Waals surface area (Å²) in [6.45, 7) is 0.0722. The molecule has 0 radical (unpaired) electrons. The van der Waals surface area contributed by atoms with E-state index >= 15 is 0 Å². The summed E-state index contributed by atoms with van der Waals surface area (Å²) >= 11 is 12.5. The van der Waals surface area contributed by atoms with Crippen LogP contribution in [-0.2, 0) is 6.42 Å². The Balaban J connectivity index is 1.80. The van der Waals surface area contributed by atoms with Crippen LogP contribution in [0.2, 0.25) is 10.0 Å². The predicted octanol–water partition coefficient (Wildman–Crippen LogP) is 4.70. The van der Waals surface area contributed by atoms with E-state index in [2.05, 4.69) is 15.4 Å². The molecule has 8 heteroatoms. The molecule has 2 N–H and O–H groups in total. The van der Waals surface area contributed by atoms with Crippen LogP contribution in [0.1, 0.15) is 29.4 Å². The second-order valence-electron chi connectivity index (χ2n) is 6.45. The Morgan fingerprint density at radius 1 is 1.14 bits per heavy atom. The van der Waals surface area contributed by atoms with Crippen molar-refractivity contribution in [3.63, 3.8) is 0 Å². The highest BCUT2D eigenvalue weighted by Crippen LogP contribution is 2.36. The lowest BCUT2D eigenvalue weighted by atomic mass is 10.0. The predicted molar refractivity (Wildman–Crippen MR) is 108 cm³/mol. The molecule has 1 aliphatic rings. The van der Waals surface area contributed by atoms with Gasteiger partial charge in [0.15, 0.2) is 5.82 Å². The van der Waals surface area contributed by atoms with Gasteiger partial charge in [0.05, 0.1) is 0 Å². The van der Waals surface area contributed by atoms with Crippen LogP contribution in [-0.4, -0.2) is 26.5 Å². The molecule has 4 rings (SSSR count). The van der Waals surface area contributed by atoms with Crippen LogP contribution in [0.25, 0.3) is 5.70 Å². The standard InChI is InChI=1S/C20H17Cl2FN4O/c21-13-5-8-15(16(22)10-13)18-11-17(12-3-6-14(23)7-4-12)24-20-25-19(2-1-9-28)26-27(18)20/h3-8,10-11,18,28H,1-2,9H2,(H,24,25,26). The third kappa shape index (κ3) is 3.76. The molecule has 0 spiro atoms. The van der Waals surface area contributed by atoms with Gasteiger partial charge in [-0.2, -0.15) is 10.1 Å². The molecule has 1 aliphatic heterocycles. The number of halogens is 3. The summed E-state index contributed by atoms with van der Waals surface area (Å²) in [5.74, 6) is 0.887.